The minimum atomic E-state index is 0.177. The molecule has 1 aromatic heterocycles. The molecular weight excluding hydrogens is 354 g/mol. The molecule has 0 radical (unpaired) electrons. The average Bonchev–Trinajstić information content (AvgIpc) is 3.01. The Morgan fingerprint density at radius 1 is 1.31 bits per heavy atom. The molecule has 7 nitrogen and oxygen atoms in total. The van der Waals surface area contributed by atoms with Crippen molar-refractivity contribution < 1.29 is 18.6 Å². The second-order valence-corrected chi connectivity index (χ2v) is 6.25. The van der Waals surface area contributed by atoms with Gasteiger partial charge in [-0.1, -0.05) is 12.1 Å². The van der Waals surface area contributed by atoms with Gasteiger partial charge >= 0.3 is 0 Å². The first-order chi connectivity index (χ1) is 12.7. The largest absolute Gasteiger partial charge is 0.493 e. The van der Waals surface area contributed by atoms with E-state index in [1.165, 1.54) is 0 Å². The molecule has 0 unspecified atom stereocenters. The first-order valence-corrected chi connectivity index (χ1v) is 8.88. The zero-order valence-electron chi connectivity index (χ0n) is 14.8. The van der Waals surface area contributed by atoms with Crippen molar-refractivity contribution in [3.8, 4) is 11.5 Å². The quantitative estimate of drug-likeness (QED) is 0.518. The Balaban J connectivity index is 1.63. The lowest BCUT2D eigenvalue weighted by Gasteiger charge is -2.25. The number of hydrogen-bond acceptors (Lipinski definition) is 7. The fraction of sp³-hybridized carbons (Fsp3) is 0.444. The Kier molecular flexibility index (Phi) is 6.43. The van der Waals surface area contributed by atoms with Crippen molar-refractivity contribution in [3.63, 3.8) is 0 Å². The predicted octanol–water partition coefficient (Wildman–Crippen LogP) is 2.81. The van der Waals surface area contributed by atoms with E-state index >= 15 is 0 Å². The molecule has 0 bridgehead atoms. The molecule has 0 N–H and O–H groups in total. The molecule has 0 spiro atoms. The smallest absolute Gasteiger partial charge is 0.288 e. The number of aromatic nitrogens is 2. The molecule has 1 aliphatic rings. The minimum absolute atomic E-state index is 0.177. The summed E-state index contributed by atoms with van der Waals surface area (Å²) in [4.78, 5) is 2.55. The second-order valence-electron chi connectivity index (χ2n) is 5.90. The maximum absolute atomic E-state index is 5.81. The van der Waals surface area contributed by atoms with Crippen LogP contribution in [0.4, 0.5) is 0 Å². The van der Waals surface area contributed by atoms with Crippen LogP contribution in [-0.2, 0) is 24.4 Å². The summed E-state index contributed by atoms with van der Waals surface area (Å²) in [5.41, 5.74) is 1.11. The lowest BCUT2D eigenvalue weighted by molar-refractivity contribution is 0.0206. The molecule has 2 aromatic rings. The number of hydrogen-bond donors (Lipinski definition) is 0. The van der Waals surface area contributed by atoms with Gasteiger partial charge in [-0.3, -0.25) is 4.90 Å². The summed E-state index contributed by atoms with van der Waals surface area (Å²) in [6.07, 6.45) is 2.62. The Morgan fingerprint density at radius 2 is 2.12 bits per heavy atom. The number of ether oxygens (including phenoxy) is 3. The molecule has 1 aliphatic heterocycles. The summed E-state index contributed by atoms with van der Waals surface area (Å²) in [6.45, 7) is 7.67. The van der Waals surface area contributed by atoms with Gasteiger partial charge in [-0.25, -0.2) is 4.68 Å². The van der Waals surface area contributed by atoms with Crippen molar-refractivity contribution >= 4 is 12.2 Å². The van der Waals surface area contributed by atoms with Gasteiger partial charge in [0.15, 0.2) is 18.1 Å². The molecular formula is C18H23N3O4S. The standard InChI is InChI=1S/C18H23N3O4S/c1-3-4-14-5-6-15(16(11-14)22-2)24-12-17-19-21(18(26)25-17)13-20-7-9-23-10-8-20/h3,5-6,11H,1,4,7-10,12-13H2,2H3. The van der Waals surface area contributed by atoms with Gasteiger partial charge in [-0.2, -0.15) is 0 Å². The van der Waals surface area contributed by atoms with Crippen LogP contribution in [0.1, 0.15) is 11.5 Å². The first-order valence-electron chi connectivity index (χ1n) is 8.47. The van der Waals surface area contributed by atoms with Crippen molar-refractivity contribution in [2.24, 2.45) is 0 Å². The predicted molar refractivity (Wildman–Crippen MR) is 98.9 cm³/mol. The Morgan fingerprint density at radius 3 is 2.85 bits per heavy atom. The van der Waals surface area contributed by atoms with Gasteiger partial charge in [0.05, 0.1) is 27.0 Å². The van der Waals surface area contributed by atoms with Crippen LogP contribution in [0.2, 0.25) is 0 Å². The number of rotatable bonds is 8. The van der Waals surface area contributed by atoms with E-state index in [9.17, 15) is 0 Å². The van der Waals surface area contributed by atoms with E-state index in [2.05, 4.69) is 16.6 Å². The fourth-order valence-corrected chi connectivity index (χ4v) is 2.89. The third kappa shape index (κ3) is 4.72. The maximum atomic E-state index is 5.81. The highest BCUT2D eigenvalue weighted by Gasteiger charge is 2.14. The zero-order valence-corrected chi connectivity index (χ0v) is 15.7. The lowest BCUT2D eigenvalue weighted by atomic mass is 10.1. The molecule has 26 heavy (non-hydrogen) atoms. The molecule has 1 saturated heterocycles. The highest BCUT2D eigenvalue weighted by molar-refractivity contribution is 7.71. The SMILES string of the molecule is C=CCc1ccc(OCc2nn(CN3CCOCC3)c(=S)o2)c(OC)c1. The Labute approximate surface area is 157 Å². The van der Waals surface area contributed by atoms with E-state index < -0.39 is 0 Å². The third-order valence-corrected chi connectivity index (χ3v) is 4.34. The summed E-state index contributed by atoms with van der Waals surface area (Å²) in [5.74, 6) is 1.72. The maximum Gasteiger partial charge on any atom is 0.288 e. The molecule has 140 valence electrons. The van der Waals surface area contributed by atoms with Crippen LogP contribution >= 0.6 is 12.2 Å². The van der Waals surface area contributed by atoms with Gasteiger partial charge in [0, 0.05) is 13.1 Å². The molecule has 1 fully saturated rings. The van der Waals surface area contributed by atoms with Gasteiger partial charge < -0.3 is 18.6 Å². The average molecular weight is 377 g/mol. The van der Waals surface area contributed by atoms with E-state index in [1.807, 2.05) is 24.3 Å². The summed E-state index contributed by atoms with van der Waals surface area (Å²) in [6, 6.07) is 5.78. The third-order valence-electron chi connectivity index (χ3n) is 4.05. The number of morpholine rings is 1. The topological polar surface area (TPSA) is 61.9 Å². The van der Waals surface area contributed by atoms with E-state index in [0.717, 1.165) is 38.3 Å². The molecule has 3 rings (SSSR count). The van der Waals surface area contributed by atoms with Crippen LogP contribution in [0.3, 0.4) is 0 Å². The molecule has 0 saturated carbocycles. The first kappa shape index (κ1) is 18.6. The molecule has 0 amide bonds. The van der Waals surface area contributed by atoms with Crippen molar-refractivity contribution in [2.75, 3.05) is 33.4 Å². The summed E-state index contributed by atoms with van der Waals surface area (Å²) in [5, 5.41) is 4.41. The van der Waals surface area contributed by atoms with Crippen molar-refractivity contribution in [3.05, 3.63) is 47.1 Å². The monoisotopic (exact) mass is 377 g/mol. The molecule has 1 aromatic carbocycles. The van der Waals surface area contributed by atoms with Gasteiger partial charge in [0.25, 0.3) is 10.7 Å². The number of allylic oxidation sites excluding steroid dienone is 1. The number of benzene rings is 1. The van der Waals surface area contributed by atoms with Crippen LogP contribution in [0, 0.1) is 4.84 Å². The van der Waals surface area contributed by atoms with Gasteiger partial charge in [-0.15, -0.1) is 11.7 Å². The number of methoxy groups -OCH3 is 1. The highest BCUT2D eigenvalue weighted by atomic mass is 32.1. The lowest BCUT2D eigenvalue weighted by Crippen LogP contribution is -2.37. The van der Waals surface area contributed by atoms with E-state index in [1.54, 1.807) is 11.8 Å². The molecule has 8 heteroatoms. The van der Waals surface area contributed by atoms with Crippen LogP contribution in [0.15, 0.2) is 35.3 Å². The van der Waals surface area contributed by atoms with Crippen LogP contribution in [0.5, 0.6) is 11.5 Å². The zero-order chi connectivity index (χ0) is 18.4. The highest BCUT2D eigenvalue weighted by Crippen LogP contribution is 2.29. The summed E-state index contributed by atoms with van der Waals surface area (Å²) < 4.78 is 23.8. The van der Waals surface area contributed by atoms with Gasteiger partial charge in [0.1, 0.15) is 0 Å². The van der Waals surface area contributed by atoms with Crippen LogP contribution < -0.4 is 9.47 Å². The molecule has 2 heterocycles. The number of nitrogens with zero attached hydrogens (tertiary/aromatic N) is 3. The van der Waals surface area contributed by atoms with E-state index in [4.69, 9.17) is 30.8 Å². The summed E-state index contributed by atoms with van der Waals surface area (Å²) in [7, 11) is 1.61. The molecule has 0 aliphatic carbocycles. The summed E-state index contributed by atoms with van der Waals surface area (Å²) >= 11 is 5.25. The van der Waals surface area contributed by atoms with Crippen molar-refractivity contribution in [1.29, 1.82) is 0 Å². The normalized spacial score (nSPS) is 15.0. The van der Waals surface area contributed by atoms with Crippen molar-refractivity contribution in [2.45, 2.75) is 19.7 Å². The van der Waals surface area contributed by atoms with E-state index in [-0.39, 0.29) is 6.61 Å². The minimum Gasteiger partial charge on any atom is -0.493 e. The van der Waals surface area contributed by atoms with Crippen LogP contribution in [0.25, 0.3) is 0 Å². The second kappa shape index (κ2) is 8.98. The van der Waals surface area contributed by atoms with E-state index in [0.29, 0.717) is 28.9 Å². The van der Waals surface area contributed by atoms with Gasteiger partial charge in [0.2, 0.25) is 0 Å². The Bertz CT molecular complexity index is 796. The molecule has 0 atom stereocenters. The van der Waals surface area contributed by atoms with Gasteiger partial charge in [-0.05, 0) is 36.3 Å². The Hall–Kier alpha value is -2.16. The fourth-order valence-electron chi connectivity index (χ4n) is 2.69. The van der Waals surface area contributed by atoms with Crippen molar-refractivity contribution in [1.82, 2.24) is 14.7 Å². The van der Waals surface area contributed by atoms with Crippen LogP contribution in [-0.4, -0.2) is 48.1 Å².